The van der Waals surface area contributed by atoms with Crippen molar-refractivity contribution >= 4 is 5.69 Å². The van der Waals surface area contributed by atoms with E-state index in [4.69, 9.17) is 0 Å². The fourth-order valence-corrected chi connectivity index (χ4v) is 2.64. The minimum Gasteiger partial charge on any atom is -0.388 e. The Labute approximate surface area is 112 Å². The van der Waals surface area contributed by atoms with Crippen molar-refractivity contribution in [3.8, 4) is 0 Å². The van der Waals surface area contributed by atoms with Crippen LogP contribution in [0.25, 0.3) is 0 Å². The highest BCUT2D eigenvalue weighted by atomic mass is 19.1. The normalized spacial score (nSPS) is 23.7. The third-order valence-corrected chi connectivity index (χ3v) is 3.45. The number of benzene rings is 1. The fraction of sp³-hybridized carbons (Fsp3) is 0.571. The van der Waals surface area contributed by atoms with Crippen LogP contribution < -0.4 is 10.2 Å². The first-order valence-corrected chi connectivity index (χ1v) is 6.53. The first-order valence-electron chi connectivity index (χ1n) is 6.53. The number of halogens is 2. The third-order valence-electron chi connectivity index (χ3n) is 3.45. The molecule has 0 amide bonds. The molecule has 1 aromatic rings. The third kappa shape index (κ3) is 3.22. The Morgan fingerprint density at radius 2 is 2.00 bits per heavy atom. The molecule has 0 bridgehead atoms. The molecule has 1 aliphatic heterocycles. The maximum absolute atomic E-state index is 14.1. The number of anilines is 1. The van der Waals surface area contributed by atoms with Crippen LogP contribution in [0.2, 0.25) is 0 Å². The molecule has 3 nitrogen and oxygen atoms in total. The van der Waals surface area contributed by atoms with Gasteiger partial charge in [0.15, 0.2) is 0 Å². The standard InChI is InChI=1S/C14H20F2N2O/c1-14(19)4-3-5-18(9-14)13-11(15)6-10(8-17-2)7-12(13)16/h6-7,17,19H,3-5,8-9H2,1-2H3. The molecule has 5 heteroatoms. The van der Waals surface area contributed by atoms with Crippen LogP contribution in [0, 0.1) is 11.6 Å². The van der Waals surface area contributed by atoms with Crippen molar-refractivity contribution in [3.05, 3.63) is 29.3 Å². The van der Waals surface area contributed by atoms with Gasteiger partial charge in [0, 0.05) is 19.6 Å². The number of nitrogens with one attached hydrogen (secondary N) is 1. The van der Waals surface area contributed by atoms with Crippen molar-refractivity contribution in [3.63, 3.8) is 0 Å². The summed E-state index contributed by atoms with van der Waals surface area (Å²) in [5, 5.41) is 12.9. The number of aliphatic hydroxyl groups is 1. The molecule has 0 aliphatic carbocycles. The lowest BCUT2D eigenvalue weighted by Gasteiger charge is -2.38. The Balaban J connectivity index is 2.29. The predicted molar refractivity (Wildman–Crippen MR) is 71.2 cm³/mol. The Hall–Kier alpha value is -1.20. The number of rotatable bonds is 3. The minimum absolute atomic E-state index is 0.0279. The van der Waals surface area contributed by atoms with E-state index in [-0.39, 0.29) is 12.2 Å². The average molecular weight is 270 g/mol. The van der Waals surface area contributed by atoms with Crippen LogP contribution >= 0.6 is 0 Å². The van der Waals surface area contributed by atoms with Crippen molar-refractivity contribution in [1.29, 1.82) is 0 Å². The van der Waals surface area contributed by atoms with Crippen molar-refractivity contribution in [2.75, 3.05) is 25.0 Å². The molecule has 0 saturated carbocycles. The summed E-state index contributed by atoms with van der Waals surface area (Å²) >= 11 is 0. The summed E-state index contributed by atoms with van der Waals surface area (Å²) in [6, 6.07) is 2.69. The van der Waals surface area contributed by atoms with Gasteiger partial charge in [-0.3, -0.25) is 0 Å². The van der Waals surface area contributed by atoms with E-state index >= 15 is 0 Å². The average Bonchev–Trinajstić information content (AvgIpc) is 2.27. The quantitative estimate of drug-likeness (QED) is 0.882. The summed E-state index contributed by atoms with van der Waals surface area (Å²) in [5.41, 5.74) is -0.342. The van der Waals surface area contributed by atoms with E-state index in [1.807, 2.05) is 0 Å². The fourth-order valence-electron chi connectivity index (χ4n) is 2.64. The van der Waals surface area contributed by atoms with Gasteiger partial charge in [-0.15, -0.1) is 0 Å². The highest BCUT2D eigenvalue weighted by Crippen LogP contribution is 2.30. The molecule has 106 valence electrons. The molecule has 1 fully saturated rings. The van der Waals surface area contributed by atoms with Crippen molar-refractivity contribution in [2.45, 2.75) is 31.9 Å². The van der Waals surface area contributed by atoms with E-state index in [0.29, 0.717) is 25.1 Å². The van der Waals surface area contributed by atoms with Crippen LogP contribution in [0.3, 0.4) is 0 Å². The molecule has 2 rings (SSSR count). The van der Waals surface area contributed by atoms with Gasteiger partial charge in [0.1, 0.15) is 17.3 Å². The first-order chi connectivity index (χ1) is 8.93. The van der Waals surface area contributed by atoms with Crippen LogP contribution in [0.15, 0.2) is 12.1 Å². The molecular weight excluding hydrogens is 250 g/mol. The number of hydrogen-bond donors (Lipinski definition) is 2. The maximum Gasteiger partial charge on any atom is 0.149 e. The maximum atomic E-state index is 14.1. The van der Waals surface area contributed by atoms with Gasteiger partial charge in [0.05, 0.1) is 5.60 Å². The van der Waals surface area contributed by atoms with E-state index in [1.165, 1.54) is 12.1 Å². The predicted octanol–water partition coefficient (Wildman–Crippen LogP) is 2.04. The van der Waals surface area contributed by atoms with Gasteiger partial charge in [-0.05, 0) is 44.5 Å². The van der Waals surface area contributed by atoms with Crippen molar-refractivity contribution < 1.29 is 13.9 Å². The molecule has 19 heavy (non-hydrogen) atoms. The largest absolute Gasteiger partial charge is 0.388 e. The number of hydrogen-bond acceptors (Lipinski definition) is 3. The zero-order valence-electron chi connectivity index (χ0n) is 11.3. The number of piperidine rings is 1. The molecule has 0 radical (unpaired) electrons. The summed E-state index contributed by atoms with van der Waals surface area (Å²) in [7, 11) is 1.73. The monoisotopic (exact) mass is 270 g/mol. The Kier molecular flexibility index (Phi) is 4.06. The van der Waals surface area contributed by atoms with Crippen LogP contribution in [0.5, 0.6) is 0 Å². The van der Waals surface area contributed by atoms with Gasteiger partial charge in [0.25, 0.3) is 0 Å². The second kappa shape index (κ2) is 5.43. The summed E-state index contributed by atoms with van der Waals surface area (Å²) in [5.74, 6) is -1.13. The van der Waals surface area contributed by atoms with Crippen LogP contribution in [0.1, 0.15) is 25.3 Å². The molecule has 0 aromatic heterocycles. The Morgan fingerprint density at radius 3 is 2.53 bits per heavy atom. The molecule has 1 unspecified atom stereocenters. The van der Waals surface area contributed by atoms with Crippen molar-refractivity contribution in [1.82, 2.24) is 5.32 Å². The zero-order valence-corrected chi connectivity index (χ0v) is 11.3. The van der Waals surface area contributed by atoms with E-state index in [1.54, 1.807) is 18.9 Å². The van der Waals surface area contributed by atoms with E-state index in [2.05, 4.69) is 5.32 Å². The molecule has 1 heterocycles. The lowest BCUT2D eigenvalue weighted by Crippen LogP contribution is -2.46. The van der Waals surface area contributed by atoms with Crippen LogP contribution in [0.4, 0.5) is 14.5 Å². The lowest BCUT2D eigenvalue weighted by molar-refractivity contribution is 0.0446. The van der Waals surface area contributed by atoms with E-state index in [0.717, 1.165) is 6.42 Å². The van der Waals surface area contributed by atoms with Crippen LogP contribution in [-0.4, -0.2) is 30.8 Å². The second-order valence-corrected chi connectivity index (χ2v) is 5.46. The van der Waals surface area contributed by atoms with Gasteiger partial charge in [-0.1, -0.05) is 0 Å². The topological polar surface area (TPSA) is 35.5 Å². The highest BCUT2D eigenvalue weighted by Gasteiger charge is 2.31. The molecule has 1 aliphatic rings. The van der Waals surface area contributed by atoms with Gasteiger partial charge < -0.3 is 15.3 Å². The zero-order chi connectivity index (χ0) is 14.0. The molecule has 1 atom stereocenters. The summed E-state index contributed by atoms with van der Waals surface area (Å²) in [6.45, 7) is 2.94. The van der Waals surface area contributed by atoms with Crippen molar-refractivity contribution in [2.24, 2.45) is 0 Å². The van der Waals surface area contributed by atoms with Crippen LogP contribution in [-0.2, 0) is 6.54 Å². The Morgan fingerprint density at radius 1 is 1.37 bits per heavy atom. The molecular formula is C14H20F2N2O. The van der Waals surface area contributed by atoms with Gasteiger partial charge >= 0.3 is 0 Å². The summed E-state index contributed by atoms with van der Waals surface area (Å²) in [4.78, 5) is 1.59. The van der Waals surface area contributed by atoms with Gasteiger partial charge in [-0.2, -0.15) is 0 Å². The minimum atomic E-state index is -0.888. The summed E-state index contributed by atoms with van der Waals surface area (Å²) in [6.07, 6.45) is 1.38. The molecule has 0 spiro atoms. The second-order valence-electron chi connectivity index (χ2n) is 5.46. The molecule has 1 aromatic carbocycles. The van der Waals surface area contributed by atoms with Gasteiger partial charge in [0.2, 0.25) is 0 Å². The number of nitrogens with zero attached hydrogens (tertiary/aromatic N) is 1. The molecule has 2 N–H and O–H groups in total. The van der Waals surface area contributed by atoms with Gasteiger partial charge in [-0.25, -0.2) is 8.78 Å². The molecule has 1 saturated heterocycles. The summed E-state index contributed by atoms with van der Waals surface area (Å²) < 4.78 is 28.2. The number of β-amino-alcohol motifs (C(OH)–C–C–N with tert-alkyl or cyclic N) is 1. The van der Waals surface area contributed by atoms with E-state index in [9.17, 15) is 13.9 Å². The highest BCUT2D eigenvalue weighted by molar-refractivity contribution is 5.51. The van der Waals surface area contributed by atoms with E-state index < -0.39 is 17.2 Å². The lowest BCUT2D eigenvalue weighted by atomic mass is 9.94. The SMILES string of the molecule is CNCc1cc(F)c(N2CCCC(C)(O)C2)c(F)c1. The first kappa shape index (κ1) is 14.2. The Bertz CT molecular complexity index is 440. The smallest absolute Gasteiger partial charge is 0.149 e.